The molecule has 2 heteroatoms. The molecule has 2 rings (SSSR count). The molecule has 0 saturated heterocycles. The average molecular weight is 136 g/mol. The lowest BCUT2D eigenvalue weighted by atomic mass is 10.2. The van der Waals surface area contributed by atoms with Crippen molar-refractivity contribution in [2.24, 2.45) is 7.05 Å². The van der Waals surface area contributed by atoms with E-state index in [1.165, 1.54) is 24.1 Å². The Hall–Kier alpha value is -0.790. The molecule has 54 valence electrons. The maximum absolute atomic E-state index is 4.19. The lowest BCUT2D eigenvalue weighted by Gasteiger charge is -1.98. The maximum Gasteiger partial charge on any atom is 0.0521 e. The van der Waals surface area contributed by atoms with Gasteiger partial charge >= 0.3 is 0 Å². The molecule has 0 amide bonds. The van der Waals surface area contributed by atoms with Gasteiger partial charge in [-0.25, -0.2) is 0 Å². The molecule has 0 spiro atoms. The molecule has 10 heavy (non-hydrogen) atoms. The number of rotatable bonds is 1. The van der Waals surface area contributed by atoms with Crippen LogP contribution in [0.5, 0.6) is 0 Å². The Morgan fingerprint density at radius 2 is 2.30 bits per heavy atom. The number of nitrogens with zero attached hydrogens (tertiary/aromatic N) is 2. The van der Waals surface area contributed by atoms with Gasteiger partial charge in [0, 0.05) is 18.7 Å². The van der Waals surface area contributed by atoms with Crippen molar-refractivity contribution in [1.82, 2.24) is 9.78 Å². The Bertz CT molecular complexity index is 226. The minimum Gasteiger partial charge on any atom is -0.272 e. The molecular weight excluding hydrogens is 124 g/mol. The quantitative estimate of drug-likeness (QED) is 0.573. The number of aryl methyl sites for hydroxylation is 2. The molecule has 1 aliphatic rings. The molecule has 1 heterocycles. The molecule has 2 nitrogen and oxygen atoms in total. The Kier molecular flexibility index (Phi) is 1.10. The van der Waals surface area contributed by atoms with Gasteiger partial charge in [-0.3, -0.25) is 4.68 Å². The predicted molar refractivity (Wildman–Crippen MR) is 39.9 cm³/mol. The summed E-state index contributed by atoms with van der Waals surface area (Å²) < 4.78 is 2.01. The minimum atomic E-state index is 0.826. The normalized spacial score (nSPS) is 17.8. The van der Waals surface area contributed by atoms with Gasteiger partial charge < -0.3 is 0 Å². The Morgan fingerprint density at radius 3 is 2.70 bits per heavy atom. The maximum atomic E-state index is 4.19. The summed E-state index contributed by atoms with van der Waals surface area (Å²) in [6, 6.07) is 0. The van der Waals surface area contributed by atoms with Gasteiger partial charge in [-0.05, 0) is 25.3 Å². The van der Waals surface area contributed by atoms with Crippen LogP contribution in [-0.4, -0.2) is 9.78 Å². The molecule has 1 aromatic rings. The topological polar surface area (TPSA) is 17.8 Å². The molecule has 0 radical (unpaired) electrons. The molecule has 0 atom stereocenters. The van der Waals surface area contributed by atoms with E-state index >= 15 is 0 Å². The van der Waals surface area contributed by atoms with Gasteiger partial charge in [0.25, 0.3) is 0 Å². The fraction of sp³-hybridized carbons (Fsp3) is 0.625. The van der Waals surface area contributed by atoms with Gasteiger partial charge in [-0.2, -0.15) is 5.10 Å². The van der Waals surface area contributed by atoms with Crippen molar-refractivity contribution in [1.29, 1.82) is 0 Å². The van der Waals surface area contributed by atoms with Crippen LogP contribution in [0.2, 0.25) is 0 Å². The Balaban J connectivity index is 2.44. The summed E-state index contributed by atoms with van der Waals surface area (Å²) in [5.41, 5.74) is 2.80. The zero-order chi connectivity index (χ0) is 7.14. The van der Waals surface area contributed by atoms with Crippen molar-refractivity contribution >= 4 is 0 Å². The summed E-state index contributed by atoms with van der Waals surface area (Å²) in [7, 11) is 2.03. The number of hydrogen-bond acceptors (Lipinski definition) is 1. The van der Waals surface area contributed by atoms with Gasteiger partial charge in [-0.15, -0.1) is 0 Å². The van der Waals surface area contributed by atoms with E-state index in [0.29, 0.717) is 0 Å². The van der Waals surface area contributed by atoms with Crippen molar-refractivity contribution in [3.63, 3.8) is 0 Å². The fourth-order valence-electron chi connectivity index (χ4n) is 1.50. The van der Waals surface area contributed by atoms with Crippen LogP contribution in [0.25, 0.3) is 0 Å². The summed E-state index contributed by atoms with van der Waals surface area (Å²) in [6.07, 6.45) is 4.68. The van der Waals surface area contributed by atoms with Gasteiger partial charge in [0.2, 0.25) is 0 Å². The highest BCUT2D eigenvalue weighted by Gasteiger charge is 2.27. The Labute approximate surface area is 60.9 Å². The average Bonchev–Trinajstić information content (AvgIpc) is 2.64. The zero-order valence-electron chi connectivity index (χ0n) is 6.46. The lowest BCUT2D eigenvalue weighted by Crippen LogP contribution is -1.96. The second-order valence-corrected chi connectivity index (χ2v) is 3.11. The molecule has 0 bridgehead atoms. The first-order chi connectivity index (χ1) is 4.79. The third kappa shape index (κ3) is 0.753. The second kappa shape index (κ2) is 1.84. The third-order valence-corrected chi connectivity index (χ3v) is 2.14. The van der Waals surface area contributed by atoms with Crippen molar-refractivity contribution in [3.8, 4) is 0 Å². The first kappa shape index (κ1) is 5.96. The first-order valence-corrected chi connectivity index (χ1v) is 3.77. The van der Waals surface area contributed by atoms with Crippen molar-refractivity contribution in [2.75, 3.05) is 0 Å². The SMILES string of the molecule is Cc1cnn(C)c1C1CC1. The smallest absolute Gasteiger partial charge is 0.0521 e. The summed E-state index contributed by atoms with van der Waals surface area (Å²) in [6.45, 7) is 2.14. The molecule has 1 aromatic heterocycles. The summed E-state index contributed by atoms with van der Waals surface area (Å²) in [5, 5.41) is 4.19. The van der Waals surface area contributed by atoms with Gasteiger partial charge in [0.05, 0.1) is 6.20 Å². The highest BCUT2D eigenvalue weighted by atomic mass is 15.3. The van der Waals surface area contributed by atoms with Crippen molar-refractivity contribution in [2.45, 2.75) is 25.7 Å². The van der Waals surface area contributed by atoms with E-state index in [2.05, 4.69) is 12.0 Å². The second-order valence-electron chi connectivity index (χ2n) is 3.11. The van der Waals surface area contributed by atoms with Crippen LogP contribution in [0.3, 0.4) is 0 Å². The number of aromatic nitrogens is 2. The highest BCUT2D eigenvalue weighted by molar-refractivity contribution is 5.23. The molecule has 1 saturated carbocycles. The van der Waals surface area contributed by atoms with Crippen LogP contribution < -0.4 is 0 Å². The van der Waals surface area contributed by atoms with E-state index < -0.39 is 0 Å². The Morgan fingerprint density at radius 1 is 1.60 bits per heavy atom. The molecule has 1 fully saturated rings. The lowest BCUT2D eigenvalue weighted by molar-refractivity contribution is 0.712. The number of hydrogen-bond donors (Lipinski definition) is 0. The van der Waals surface area contributed by atoms with E-state index in [1.54, 1.807) is 0 Å². The highest BCUT2D eigenvalue weighted by Crippen LogP contribution is 2.40. The molecule has 1 aliphatic carbocycles. The molecule has 0 unspecified atom stereocenters. The van der Waals surface area contributed by atoms with Crippen LogP contribution >= 0.6 is 0 Å². The first-order valence-electron chi connectivity index (χ1n) is 3.77. The van der Waals surface area contributed by atoms with Gasteiger partial charge in [0.1, 0.15) is 0 Å². The largest absolute Gasteiger partial charge is 0.272 e. The van der Waals surface area contributed by atoms with Crippen molar-refractivity contribution in [3.05, 3.63) is 17.5 Å². The van der Waals surface area contributed by atoms with E-state index in [1.807, 2.05) is 17.9 Å². The zero-order valence-corrected chi connectivity index (χ0v) is 6.46. The summed E-state index contributed by atoms with van der Waals surface area (Å²) in [4.78, 5) is 0. The molecule has 0 N–H and O–H groups in total. The summed E-state index contributed by atoms with van der Waals surface area (Å²) >= 11 is 0. The summed E-state index contributed by atoms with van der Waals surface area (Å²) in [5.74, 6) is 0.826. The van der Waals surface area contributed by atoms with E-state index in [-0.39, 0.29) is 0 Å². The van der Waals surface area contributed by atoms with Crippen LogP contribution in [0, 0.1) is 6.92 Å². The monoisotopic (exact) mass is 136 g/mol. The van der Waals surface area contributed by atoms with E-state index in [9.17, 15) is 0 Å². The van der Waals surface area contributed by atoms with Crippen LogP contribution in [0.4, 0.5) is 0 Å². The predicted octanol–water partition coefficient (Wildman–Crippen LogP) is 1.61. The molecular formula is C8H12N2. The standard InChI is InChI=1S/C8H12N2/c1-6-5-9-10(2)8(6)7-3-4-7/h5,7H,3-4H2,1-2H3. The molecule has 0 aromatic carbocycles. The third-order valence-electron chi connectivity index (χ3n) is 2.14. The fourth-order valence-corrected chi connectivity index (χ4v) is 1.50. The van der Waals surface area contributed by atoms with Crippen LogP contribution in [0.15, 0.2) is 6.20 Å². The minimum absolute atomic E-state index is 0.826. The van der Waals surface area contributed by atoms with Gasteiger partial charge in [0.15, 0.2) is 0 Å². The van der Waals surface area contributed by atoms with E-state index in [0.717, 1.165) is 5.92 Å². The van der Waals surface area contributed by atoms with Crippen molar-refractivity contribution < 1.29 is 0 Å². The molecule has 0 aliphatic heterocycles. The van der Waals surface area contributed by atoms with Crippen LogP contribution in [0.1, 0.15) is 30.0 Å². The van der Waals surface area contributed by atoms with E-state index in [4.69, 9.17) is 0 Å². The van der Waals surface area contributed by atoms with Gasteiger partial charge in [-0.1, -0.05) is 0 Å². The van der Waals surface area contributed by atoms with Crippen LogP contribution in [-0.2, 0) is 7.05 Å².